The molecule has 2 N–H and O–H groups in total. The molecular weight excluding hydrogens is 202 g/mol. The number of nitrogens with one attached hydrogen (secondary N) is 2. The van der Waals surface area contributed by atoms with Gasteiger partial charge in [-0.25, -0.2) is 13.9 Å². The molecule has 0 unspecified atom stereocenters. The molecular formula is C8H9N3O2S. The number of rotatable bonds is 4. The van der Waals surface area contributed by atoms with E-state index >= 15 is 0 Å². The van der Waals surface area contributed by atoms with Crippen LogP contribution in [0.2, 0.25) is 0 Å². The van der Waals surface area contributed by atoms with E-state index in [-0.39, 0.29) is 10.7 Å². The van der Waals surface area contributed by atoms with Gasteiger partial charge in [0, 0.05) is 0 Å². The van der Waals surface area contributed by atoms with Crippen LogP contribution in [0, 0.1) is 5.53 Å². The zero-order valence-corrected chi connectivity index (χ0v) is 8.08. The zero-order chi connectivity index (χ0) is 10.6. The molecule has 0 amide bonds. The van der Waals surface area contributed by atoms with Crippen LogP contribution in [0.4, 0.5) is 0 Å². The highest BCUT2D eigenvalue weighted by atomic mass is 32.2. The van der Waals surface area contributed by atoms with E-state index in [2.05, 4.69) is 11.7 Å². The van der Waals surface area contributed by atoms with Crippen LogP contribution in [0.15, 0.2) is 52.7 Å². The SMILES string of the molecule is C=C(N=N)NS(=O)(=O)c1ccccc1. The van der Waals surface area contributed by atoms with Gasteiger partial charge in [0.1, 0.15) is 0 Å². The van der Waals surface area contributed by atoms with Gasteiger partial charge in [-0.15, -0.1) is 5.11 Å². The summed E-state index contributed by atoms with van der Waals surface area (Å²) in [6, 6.07) is 7.81. The Labute approximate surface area is 82.0 Å². The van der Waals surface area contributed by atoms with Crippen LogP contribution in [-0.4, -0.2) is 8.42 Å². The Morgan fingerprint density at radius 3 is 2.43 bits per heavy atom. The van der Waals surface area contributed by atoms with Gasteiger partial charge in [0.15, 0.2) is 5.82 Å². The maximum absolute atomic E-state index is 11.5. The summed E-state index contributed by atoms with van der Waals surface area (Å²) in [5.74, 6) is -0.214. The van der Waals surface area contributed by atoms with Crippen LogP contribution in [0.3, 0.4) is 0 Å². The fourth-order valence-corrected chi connectivity index (χ4v) is 1.83. The second kappa shape index (κ2) is 4.01. The fraction of sp³-hybridized carbons (Fsp3) is 0. The summed E-state index contributed by atoms with van der Waals surface area (Å²) in [6.07, 6.45) is 0. The Hall–Kier alpha value is -1.69. The van der Waals surface area contributed by atoms with Crippen molar-refractivity contribution in [3.05, 3.63) is 42.7 Å². The number of sulfonamides is 1. The number of benzene rings is 1. The molecule has 1 rings (SSSR count). The molecule has 0 atom stereocenters. The molecule has 0 saturated heterocycles. The standard InChI is InChI=1S/C8H9N3O2S/c1-7(10-9)11-14(12,13)8-5-3-2-4-6-8/h2-6,9,11H,1H2. The molecule has 1 aromatic rings. The van der Waals surface area contributed by atoms with E-state index in [4.69, 9.17) is 5.53 Å². The van der Waals surface area contributed by atoms with Crippen LogP contribution < -0.4 is 4.72 Å². The normalized spacial score (nSPS) is 10.6. The number of nitrogens with zero attached hydrogens (tertiary/aromatic N) is 1. The van der Waals surface area contributed by atoms with Gasteiger partial charge < -0.3 is 0 Å². The lowest BCUT2D eigenvalue weighted by Gasteiger charge is -2.05. The first-order chi connectivity index (χ1) is 6.56. The minimum absolute atomic E-state index is 0.116. The summed E-state index contributed by atoms with van der Waals surface area (Å²) < 4.78 is 25.0. The molecule has 0 fully saturated rings. The summed E-state index contributed by atoms with van der Waals surface area (Å²) in [5.41, 5.74) is 6.55. The number of hydrogen-bond donors (Lipinski definition) is 2. The first kappa shape index (κ1) is 10.4. The van der Waals surface area contributed by atoms with Gasteiger partial charge in [0.2, 0.25) is 0 Å². The summed E-state index contributed by atoms with van der Waals surface area (Å²) in [5, 5.41) is 2.86. The average Bonchev–Trinajstić information content (AvgIpc) is 2.18. The van der Waals surface area contributed by atoms with Crippen molar-refractivity contribution in [3.8, 4) is 0 Å². The van der Waals surface area contributed by atoms with Crippen molar-refractivity contribution < 1.29 is 8.42 Å². The van der Waals surface area contributed by atoms with Gasteiger partial charge >= 0.3 is 0 Å². The third-order valence-electron chi connectivity index (χ3n) is 1.44. The first-order valence-electron chi connectivity index (χ1n) is 3.70. The molecule has 6 heteroatoms. The second-order valence-corrected chi connectivity index (χ2v) is 4.16. The van der Waals surface area contributed by atoms with Crippen LogP contribution in [0.1, 0.15) is 0 Å². The minimum Gasteiger partial charge on any atom is -0.262 e. The molecule has 0 aromatic heterocycles. The van der Waals surface area contributed by atoms with Crippen molar-refractivity contribution in [2.45, 2.75) is 4.90 Å². The van der Waals surface area contributed by atoms with Gasteiger partial charge in [-0.05, 0) is 12.1 Å². The Kier molecular flexibility index (Phi) is 2.98. The molecule has 5 nitrogen and oxygen atoms in total. The Bertz CT molecular complexity index is 439. The largest absolute Gasteiger partial charge is 0.263 e. The molecule has 0 radical (unpaired) electrons. The maximum Gasteiger partial charge on any atom is 0.263 e. The predicted octanol–water partition coefficient (Wildman–Crippen LogP) is 1.47. The molecule has 0 saturated carbocycles. The second-order valence-electron chi connectivity index (χ2n) is 2.48. The quantitative estimate of drug-likeness (QED) is 0.739. The summed E-state index contributed by atoms with van der Waals surface area (Å²) in [7, 11) is -3.63. The van der Waals surface area contributed by atoms with Gasteiger partial charge in [-0.1, -0.05) is 24.8 Å². The third kappa shape index (κ3) is 2.40. The topological polar surface area (TPSA) is 82.4 Å². The van der Waals surface area contributed by atoms with E-state index in [1.165, 1.54) is 12.1 Å². The average molecular weight is 211 g/mol. The van der Waals surface area contributed by atoms with E-state index in [9.17, 15) is 8.42 Å². The van der Waals surface area contributed by atoms with Gasteiger partial charge in [0.05, 0.1) is 4.90 Å². The van der Waals surface area contributed by atoms with Crippen LogP contribution in [0.25, 0.3) is 0 Å². The van der Waals surface area contributed by atoms with Crippen molar-refractivity contribution >= 4 is 10.0 Å². The van der Waals surface area contributed by atoms with Crippen molar-refractivity contribution in [1.29, 1.82) is 5.53 Å². The number of hydrogen-bond acceptors (Lipinski definition) is 4. The minimum atomic E-state index is -3.63. The molecule has 0 heterocycles. The smallest absolute Gasteiger partial charge is 0.262 e. The Morgan fingerprint density at radius 1 is 1.36 bits per heavy atom. The summed E-state index contributed by atoms with van der Waals surface area (Å²) >= 11 is 0. The fourth-order valence-electron chi connectivity index (χ4n) is 0.836. The van der Waals surface area contributed by atoms with Gasteiger partial charge in [-0.3, -0.25) is 4.72 Å². The highest BCUT2D eigenvalue weighted by molar-refractivity contribution is 7.89. The highest BCUT2D eigenvalue weighted by Gasteiger charge is 2.13. The molecule has 0 bridgehead atoms. The maximum atomic E-state index is 11.5. The summed E-state index contributed by atoms with van der Waals surface area (Å²) in [4.78, 5) is 0.116. The molecule has 74 valence electrons. The Morgan fingerprint density at radius 2 is 1.93 bits per heavy atom. The third-order valence-corrected chi connectivity index (χ3v) is 2.84. The van der Waals surface area contributed by atoms with E-state index in [1.807, 2.05) is 4.72 Å². The first-order valence-corrected chi connectivity index (χ1v) is 5.19. The molecule has 1 aromatic carbocycles. The van der Waals surface area contributed by atoms with Crippen LogP contribution in [0.5, 0.6) is 0 Å². The van der Waals surface area contributed by atoms with Crippen LogP contribution in [-0.2, 0) is 10.0 Å². The molecule has 0 aliphatic heterocycles. The molecule has 14 heavy (non-hydrogen) atoms. The van der Waals surface area contributed by atoms with Crippen molar-refractivity contribution in [1.82, 2.24) is 4.72 Å². The van der Waals surface area contributed by atoms with Crippen molar-refractivity contribution in [2.75, 3.05) is 0 Å². The molecule has 0 spiro atoms. The van der Waals surface area contributed by atoms with E-state index in [0.717, 1.165) is 0 Å². The van der Waals surface area contributed by atoms with E-state index in [1.54, 1.807) is 18.2 Å². The predicted molar refractivity (Wildman–Crippen MR) is 51.1 cm³/mol. The lowest BCUT2D eigenvalue weighted by atomic mass is 10.4. The van der Waals surface area contributed by atoms with Crippen molar-refractivity contribution in [3.63, 3.8) is 0 Å². The summed E-state index contributed by atoms with van der Waals surface area (Å²) in [6.45, 7) is 3.24. The highest BCUT2D eigenvalue weighted by Crippen LogP contribution is 2.08. The lowest BCUT2D eigenvalue weighted by Crippen LogP contribution is -2.21. The van der Waals surface area contributed by atoms with Gasteiger partial charge in [-0.2, -0.15) is 0 Å². The lowest BCUT2D eigenvalue weighted by molar-refractivity contribution is 0.587. The Balaban J connectivity index is 2.98. The van der Waals surface area contributed by atoms with Crippen molar-refractivity contribution in [2.24, 2.45) is 5.11 Å². The van der Waals surface area contributed by atoms with Crippen LogP contribution >= 0.6 is 0 Å². The van der Waals surface area contributed by atoms with Gasteiger partial charge in [0.25, 0.3) is 10.0 Å². The van der Waals surface area contributed by atoms with E-state index in [0.29, 0.717) is 0 Å². The molecule has 0 aliphatic rings. The monoisotopic (exact) mass is 211 g/mol. The van der Waals surface area contributed by atoms with E-state index < -0.39 is 10.0 Å². The molecule has 0 aliphatic carbocycles. The zero-order valence-electron chi connectivity index (χ0n) is 7.27.